The van der Waals surface area contributed by atoms with Crippen molar-refractivity contribution in [1.82, 2.24) is 20.2 Å². The number of nitriles is 1. The highest BCUT2D eigenvalue weighted by Crippen LogP contribution is 2.29. The molecule has 0 saturated carbocycles. The molecule has 1 aliphatic heterocycles. The highest BCUT2D eigenvalue weighted by Gasteiger charge is 2.41. The summed E-state index contributed by atoms with van der Waals surface area (Å²) in [5, 5.41) is 12.6. The Kier molecular flexibility index (Phi) is 7.71. The number of benzene rings is 1. The molecule has 204 valence electrons. The van der Waals surface area contributed by atoms with Crippen LogP contribution in [-0.2, 0) is 20.7 Å². The second kappa shape index (κ2) is 11.0. The lowest BCUT2D eigenvalue weighted by Gasteiger charge is -2.28. The molecule has 3 atom stereocenters. The number of amides is 3. The van der Waals surface area contributed by atoms with E-state index in [0.29, 0.717) is 16.7 Å². The molecule has 4 rings (SSSR count). The standard InChI is InChI=1S/C27H29FN6O5/c1-27(2,3)39-26(37)33-21(25(36)34-14-17(28)10-22(34)23(30)35)9-16-13-32-20-7-6-18(11-19(16)20)38-24-15(12-29)5-4-8-31-24/h4-8,11,13,17,21-22,32H,9-10,14H2,1-3H3,(H2,30,35)(H,33,37)/t17-,21-,22-/m0/s1. The van der Waals surface area contributed by atoms with Gasteiger partial charge in [0.25, 0.3) is 0 Å². The number of nitrogens with two attached hydrogens (primary N) is 1. The first-order chi connectivity index (χ1) is 18.4. The number of pyridine rings is 1. The first kappa shape index (κ1) is 27.4. The van der Waals surface area contributed by atoms with Crippen LogP contribution in [-0.4, -0.2) is 63.2 Å². The Morgan fingerprint density at radius 1 is 1.33 bits per heavy atom. The summed E-state index contributed by atoms with van der Waals surface area (Å²) >= 11 is 0. The number of aromatic nitrogens is 2. The lowest BCUT2D eigenvalue weighted by Crippen LogP contribution is -2.54. The molecule has 4 N–H and O–H groups in total. The Morgan fingerprint density at radius 3 is 2.79 bits per heavy atom. The van der Waals surface area contributed by atoms with E-state index in [2.05, 4.69) is 15.3 Å². The third kappa shape index (κ3) is 6.43. The maximum absolute atomic E-state index is 14.2. The number of primary amides is 1. The Bertz CT molecular complexity index is 1440. The molecular weight excluding hydrogens is 507 g/mol. The van der Waals surface area contributed by atoms with Gasteiger partial charge < -0.3 is 30.4 Å². The van der Waals surface area contributed by atoms with Gasteiger partial charge in [0, 0.05) is 36.1 Å². The summed E-state index contributed by atoms with van der Waals surface area (Å²) in [6.45, 7) is 4.74. The smallest absolute Gasteiger partial charge is 0.408 e. The van der Waals surface area contributed by atoms with Crippen LogP contribution in [0.4, 0.5) is 9.18 Å². The second-order valence-electron chi connectivity index (χ2n) is 10.2. The highest BCUT2D eigenvalue weighted by molar-refractivity contribution is 5.92. The molecule has 1 saturated heterocycles. The van der Waals surface area contributed by atoms with Crippen LogP contribution in [0, 0.1) is 11.3 Å². The quantitative estimate of drug-likeness (QED) is 0.418. The van der Waals surface area contributed by atoms with Crippen molar-refractivity contribution in [1.29, 1.82) is 5.26 Å². The number of alkyl halides is 1. The average molecular weight is 537 g/mol. The molecule has 12 heteroatoms. The van der Waals surface area contributed by atoms with Gasteiger partial charge in [-0.15, -0.1) is 0 Å². The number of nitrogens with zero attached hydrogens (tertiary/aromatic N) is 3. The molecule has 1 aromatic carbocycles. The molecule has 0 aliphatic carbocycles. The summed E-state index contributed by atoms with van der Waals surface area (Å²) in [4.78, 5) is 46.4. The molecule has 0 unspecified atom stereocenters. The van der Waals surface area contributed by atoms with Crippen molar-refractivity contribution in [3.63, 3.8) is 0 Å². The summed E-state index contributed by atoms with van der Waals surface area (Å²) < 4.78 is 25.4. The second-order valence-corrected chi connectivity index (χ2v) is 10.2. The molecule has 0 bridgehead atoms. The number of halogens is 1. The van der Waals surface area contributed by atoms with Crippen LogP contribution in [0.1, 0.15) is 38.3 Å². The highest BCUT2D eigenvalue weighted by atomic mass is 19.1. The van der Waals surface area contributed by atoms with Gasteiger partial charge in [0.1, 0.15) is 41.2 Å². The maximum atomic E-state index is 14.2. The molecule has 3 amide bonds. The number of fused-ring (bicyclic) bond motifs is 1. The fourth-order valence-electron chi connectivity index (χ4n) is 4.43. The van der Waals surface area contributed by atoms with Crippen LogP contribution < -0.4 is 15.8 Å². The number of nitrogens with one attached hydrogen (secondary N) is 2. The lowest BCUT2D eigenvalue weighted by molar-refractivity contribution is -0.139. The van der Waals surface area contributed by atoms with Gasteiger partial charge in [-0.2, -0.15) is 5.26 Å². The number of carbonyl (C=O) groups is 3. The SMILES string of the molecule is CC(C)(C)OC(=O)N[C@@H](Cc1c[nH]c2ccc(Oc3ncccc3C#N)cc12)C(=O)N1C[C@@H](F)C[C@H]1C(N)=O. The average Bonchev–Trinajstić information content (AvgIpc) is 3.45. The molecule has 1 aliphatic rings. The third-order valence-electron chi connectivity index (χ3n) is 6.12. The first-order valence-corrected chi connectivity index (χ1v) is 12.3. The fourth-order valence-corrected chi connectivity index (χ4v) is 4.43. The van der Waals surface area contributed by atoms with Crippen LogP contribution in [0.5, 0.6) is 11.6 Å². The van der Waals surface area contributed by atoms with Crippen LogP contribution >= 0.6 is 0 Å². The first-order valence-electron chi connectivity index (χ1n) is 12.3. The number of hydrogen-bond acceptors (Lipinski definition) is 7. The molecule has 39 heavy (non-hydrogen) atoms. The van der Waals surface area contributed by atoms with Crippen molar-refractivity contribution >= 4 is 28.8 Å². The van der Waals surface area contributed by atoms with E-state index in [0.717, 1.165) is 10.4 Å². The van der Waals surface area contributed by atoms with Crippen molar-refractivity contribution in [2.75, 3.05) is 6.54 Å². The molecule has 1 fully saturated rings. The number of carbonyl (C=O) groups excluding carboxylic acids is 3. The van der Waals surface area contributed by atoms with Gasteiger partial charge in [-0.1, -0.05) is 0 Å². The van der Waals surface area contributed by atoms with Gasteiger partial charge in [0.15, 0.2) is 0 Å². The van der Waals surface area contributed by atoms with Gasteiger partial charge in [0.05, 0.1) is 6.54 Å². The number of hydrogen-bond donors (Lipinski definition) is 3. The van der Waals surface area contributed by atoms with Crippen molar-refractivity contribution in [3.8, 4) is 17.7 Å². The summed E-state index contributed by atoms with van der Waals surface area (Å²) in [5.74, 6) is -0.933. The van der Waals surface area contributed by atoms with Gasteiger partial charge >= 0.3 is 6.09 Å². The number of likely N-dealkylation sites (tertiary alicyclic amines) is 1. The number of H-pyrrole nitrogens is 1. The molecule has 0 spiro atoms. The van der Waals surface area contributed by atoms with Crippen LogP contribution in [0.3, 0.4) is 0 Å². The normalized spacial score (nSPS) is 17.9. The van der Waals surface area contributed by atoms with Gasteiger partial charge in [-0.25, -0.2) is 14.2 Å². The van der Waals surface area contributed by atoms with Gasteiger partial charge in [-0.05, 0) is 56.7 Å². The van der Waals surface area contributed by atoms with Crippen molar-refractivity contribution in [2.24, 2.45) is 5.73 Å². The van der Waals surface area contributed by atoms with E-state index in [9.17, 15) is 24.0 Å². The van der Waals surface area contributed by atoms with Gasteiger partial charge in [0.2, 0.25) is 17.7 Å². The fraction of sp³-hybridized carbons (Fsp3) is 0.370. The summed E-state index contributed by atoms with van der Waals surface area (Å²) in [6.07, 6.45) is 0.733. The van der Waals surface area contributed by atoms with Crippen molar-refractivity contribution < 1.29 is 28.2 Å². The topological polar surface area (TPSA) is 163 Å². The van der Waals surface area contributed by atoms with Crippen molar-refractivity contribution in [2.45, 2.75) is 57.5 Å². The monoisotopic (exact) mass is 536 g/mol. The zero-order valence-electron chi connectivity index (χ0n) is 21.7. The van der Waals surface area contributed by atoms with E-state index in [-0.39, 0.29) is 30.8 Å². The lowest BCUT2D eigenvalue weighted by atomic mass is 10.0. The predicted molar refractivity (Wildman–Crippen MR) is 138 cm³/mol. The Hall–Kier alpha value is -4.66. The number of ether oxygens (including phenoxy) is 2. The van der Waals surface area contributed by atoms with E-state index < -0.39 is 41.8 Å². The molecule has 0 radical (unpaired) electrons. The van der Waals surface area contributed by atoms with E-state index in [1.54, 1.807) is 57.3 Å². The minimum absolute atomic E-state index is 0.00645. The third-order valence-corrected chi connectivity index (χ3v) is 6.12. The Balaban J connectivity index is 1.64. The van der Waals surface area contributed by atoms with E-state index in [1.165, 1.54) is 6.20 Å². The number of alkyl carbamates (subject to hydrolysis) is 1. The summed E-state index contributed by atoms with van der Waals surface area (Å²) in [6, 6.07) is 8.11. The zero-order valence-corrected chi connectivity index (χ0v) is 21.7. The van der Waals surface area contributed by atoms with E-state index in [1.807, 2.05) is 6.07 Å². The molecule has 3 aromatic rings. The Morgan fingerprint density at radius 2 is 2.10 bits per heavy atom. The summed E-state index contributed by atoms with van der Waals surface area (Å²) in [5.41, 5.74) is 6.23. The molecular formula is C27H29FN6O5. The maximum Gasteiger partial charge on any atom is 0.408 e. The summed E-state index contributed by atoms with van der Waals surface area (Å²) in [7, 11) is 0. The molecule has 11 nitrogen and oxygen atoms in total. The minimum atomic E-state index is -1.41. The van der Waals surface area contributed by atoms with Gasteiger partial charge in [-0.3, -0.25) is 9.59 Å². The van der Waals surface area contributed by atoms with Crippen LogP contribution in [0.15, 0.2) is 42.7 Å². The van der Waals surface area contributed by atoms with Crippen LogP contribution in [0.2, 0.25) is 0 Å². The zero-order chi connectivity index (χ0) is 28.3. The predicted octanol–water partition coefficient (Wildman–Crippen LogP) is 3.09. The largest absolute Gasteiger partial charge is 0.444 e. The molecule has 2 aromatic heterocycles. The Labute approximate surface area is 224 Å². The van der Waals surface area contributed by atoms with Crippen LogP contribution in [0.25, 0.3) is 10.9 Å². The number of aromatic amines is 1. The van der Waals surface area contributed by atoms with E-state index in [4.69, 9.17) is 15.2 Å². The van der Waals surface area contributed by atoms with E-state index >= 15 is 0 Å². The molecule has 3 heterocycles. The minimum Gasteiger partial charge on any atom is -0.444 e. The van der Waals surface area contributed by atoms with Crippen molar-refractivity contribution in [3.05, 3.63) is 53.9 Å². The number of rotatable bonds is 7.